The van der Waals surface area contributed by atoms with E-state index in [-0.39, 0.29) is 0 Å². The van der Waals surface area contributed by atoms with Crippen LogP contribution in [0.15, 0.2) is 12.3 Å². The van der Waals surface area contributed by atoms with Gasteiger partial charge in [0.05, 0.1) is 5.02 Å². The Bertz CT molecular complexity index is 380. The highest BCUT2D eigenvalue weighted by atomic mass is 35.5. The Morgan fingerprint density at radius 1 is 1.37 bits per heavy atom. The van der Waals surface area contributed by atoms with Gasteiger partial charge in [0.2, 0.25) is 0 Å². The number of rotatable bonds is 8. The van der Waals surface area contributed by atoms with Crippen LogP contribution in [0.1, 0.15) is 39.7 Å². The summed E-state index contributed by atoms with van der Waals surface area (Å²) >= 11 is 6.22. The number of hydrogen-bond donors (Lipinski definition) is 1. The summed E-state index contributed by atoms with van der Waals surface area (Å²) in [6.07, 6.45) is 2.89. The topological polar surface area (TPSA) is 28.2 Å². The maximum absolute atomic E-state index is 6.22. The summed E-state index contributed by atoms with van der Waals surface area (Å²) in [5, 5.41) is 4.17. The fraction of sp³-hybridized carbons (Fsp3) is 0.667. The molecule has 0 saturated heterocycles. The van der Waals surface area contributed by atoms with Crippen molar-refractivity contribution in [2.45, 2.75) is 40.7 Å². The van der Waals surface area contributed by atoms with Gasteiger partial charge < -0.3 is 10.2 Å². The standard InChI is InChI=1S/C15H26ClN3/c1-5-7-19(6-2)15-8-13(14(16)11-18-15)10-17-9-12(3)4/h8,11-12,17H,5-7,9-10H2,1-4H3. The van der Waals surface area contributed by atoms with E-state index in [1.165, 1.54) is 0 Å². The lowest BCUT2D eigenvalue weighted by Crippen LogP contribution is -2.25. The average molecular weight is 284 g/mol. The minimum atomic E-state index is 0.646. The lowest BCUT2D eigenvalue weighted by Gasteiger charge is -2.22. The predicted molar refractivity (Wildman–Crippen MR) is 84.0 cm³/mol. The molecule has 1 heterocycles. The average Bonchev–Trinajstić information content (AvgIpc) is 2.38. The SMILES string of the molecule is CCCN(CC)c1cc(CNCC(C)C)c(Cl)cn1. The molecule has 0 amide bonds. The maximum atomic E-state index is 6.22. The summed E-state index contributed by atoms with van der Waals surface area (Å²) in [5.74, 6) is 1.67. The van der Waals surface area contributed by atoms with Gasteiger partial charge in [-0.3, -0.25) is 0 Å². The summed E-state index contributed by atoms with van der Waals surface area (Å²) in [6.45, 7) is 12.5. The molecule has 4 heteroatoms. The summed E-state index contributed by atoms with van der Waals surface area (Å²) in [5.41, 5.74) is 1.13. The zero-order valence-electron chi connectivity index (χ0n) is 12.5. The number of nitrogens with one attached hydrogen (secondary N) is 1. The van der Waals surface area contributed by atoms with Crippen molar-refractivity contribution >= 4 is 17.4 Å². The van der Waals surface area contributed by atoms with E-state index < -0.39 is 0 Å². The van der Waals surface area contributed by atoms with Crippen molar-refractivity contribution in [1.29, 1.82) is 0 Å². The molecule has 0 aliphatic carbocycles. The van der Waals surface area contributed by atoms with Crippen LogP contribution in [-0.4, -0.2) is 24.6 Å². The van der Waals surface area contributed by atoms with Crippen molar-refractivity contribution in [2.24, 2.45) is 5.92 Å². The molecule has 1 aromatic heterocycles. The van der Waals surface area contributed by atoms with Crippen LogP contribution in [0.2, 0.25) is 5.02 Å². The molecule has 0 saturated carbocycles. The smallest absolute Gasteiger partial charge is 0.128 e. The first-order chi connectivity index (χ1) is 9.08. The lowest BCUT2D eigenvalue weighted by molar-refractivity contribution is 0.552. The lowest BCUT2D eigenvalue weighted by atomic mass is 10.2. The molecule has 1 rings (SSSR count). The van der Waals surface area contributed by atoms with Crippen LogP contribution >= 0.6 is 11.6 Å². The van der Waals surface area contributed by atoms with Gasteiger partial charge in [-0.15, -0.1) is 0 Å². The van der Waals surface area contributed by atoms with E-state index in [0.29, 0.717) is 5.92 Å². The Hall–Kier alpha value is -0.800. The number of aromatic nitrogens is 1. The van der Waals surface area contributed by atoms with Gasteiger partial charge in [-0.05, 0) is 37.4 Å². The second kappa shape index (κ2) is 8.39. The Morgan fingerprint density at radius 3 is 2.68 bits per heavy atom. The van der Waals surface area contributed by atoms with Crippen LogP contribution in [0.5, 0.6) is 0 Å². The van der Waals surface area contributed by atoms with Crippen LogP contribution < -0.4 is 10.2 Å². The number of pyridine rings is 1. The highest BCUT2D eigenvalue weighted by Crippen LogP contribution is 2.20. The van der Waals surface area contributed by atoms with Gasteiger partial charge in [-0.2, -0.15) is 0 Å². The van der Waals surface area contributed by atoms with Crippen molar-refractivity contribution in [2.75, 3.05) is 24.5 Å². The molecular formula is C15H26ClN3. The van der Waals surface area contributed by atoms with Crippen molar-refractivity contribution < 1.29 is 0 Å². The van der Waals surface area contributed by atoms with Crippen molar-refractivity contribution in [3.63, 3.8) is 0 Å². The minimum Gasteiger partial charge on any atom is -0.357 e. The third kappa shape index (κ3) is 5.37. The third-order valence-corrected chi connectivity index (χ3v) is 3.33. The zero-order chi connectivity index (χ0) is 14.3. The van der Waals surface area contributed by atoms with Gasteiger partial charge in [-0.25, -0.2) is 4.98 Å². The maximum Gasteiger partial charge on any atom is 0.128 e. The monoisotopic (exact) mass is 283 g/mol. The summed E-state index contributed by atoms with van der Waals surface area (Å²) in [4.78, 5) is 6.72. The Balaban J connectivity index is 2.75. The van der Waals surface area contributed by atoms with Crippen LogP contribution in [0, 0.1) is 5.92 Å². The molecule has 0 bridgehead atoms. The first kappa shape index (κ1) is 16.3. The number of anilines is 1. The molecule has 0 unspecified atom stereocenters. The first-order valence-electron chi connectivity index (χ1n) is 7.18. The highest BCUT2D eigenvalue weighted by Gasteiger charge is 2.08. The molecule has 1 N–H and O–H groups in total. The van der Waals surface area contributed by atoms with Crippen LogP contribution in [0.4, 0.5) is 5.82 Å². The van der Waals surface area contributed by atoms with Crippen molar-refractivity contribution in [1.82, 2.24) is 10.3 Å². The van der Waals surface area contributed by atoms with E-state index in [1.807, 2.05) is 0 Å². The number of nitrogens with zero attached hydrogens (tertiary/aromatic N) is 2. The van der Waals surface area contributed by atoms with Gasteiger partial charge >= 0.3 is 0 Å². The van der Waals surface area contributed by atoms with Gasteiger partial charge in [-0.1, -0.05) is 32.4 Å². The largest absolute Gasteiger partial charge is 0.357 e. The number of halogens is 1. The van der Waals surface area contributed by atoms with Gasteiger partial charge in [0, 0.05) is 25.8 Å². The summed E-state index contributed by atoms with van der Waals surface area (Å²) in [6, 6.07) is 2.11. The van der Waals surface area contributed by atoms with E-state index in [9.17, 15) is 0 Å². The molecule has 1 aromatic rings. The third-order valence-electron chi connectivity index (χ3n) is 2.99. The van der Waals surface area contributed by atoms with Crippen LogP contribution in [0.3, 0.4) is 0 Å². The van der Waals surface area contributed by atoms with E-state index >= 15 is 0 Å². The normalized spacial score (nSPS) is 11.1. The molecular weight excluding hydrogens is 258 g/mol. The number of hydrogen-bond acceptors (Lipinski definition) is 3. The quantitative estimate of drug-likeness (QED) is 0.788. The Morgan fingerprint density at radius 2 is 2.11 bits per heavy atom. The van der Waals surface area contributed by atoms with Gasteiger partial charge in [0.15, 0.2) is 0 Å². The second-order valence-corrected chi connectivity index (χ2v) is 5.65. The fourth-order valence-electron chi connectivity index (χ4n) is 1.98. The van der Waals surface area contributed by atoms with E-state index in [1.54, 1.807) is 6.20 Å². The summed E-state index contributed by atoms with van der Waals surface area (Å²) < 4.78 is 0. The molecule has 19 heavy (non-hydrogen) atoms. The second-order valence-electron chi connectivity index (χ2n) is 5.24. The molecule has 0 aliphatic rings. The van der Waals surface area contributed by atoms with E-state index in [4.69, 9.17) is 11.6 Å². The van der Waals surface area contributed by atoms with Gasteiger partial charge in [0.25, 0.3) is 0 Å². The molecule has 0 spiro atoms. The molecule has 0 atom stereocenters. The molecule has 0 aromatic carbocycles. The first-order valence-corrected chi connectivity index (χ1v) is 7.56. The molecule has 3 nitrogen and oxygen atoms in total. The van der Waals surface area contributed by atoms with E-state index in [0.717, 1.165) is 49.0 Å². The molecule has 0 aliphatic heterocycles. The molecule has 0 fully saturated rings. The highest BCUT2D eigenvalue weighted by molar-refractivity contribution is 6.31. The predicted octanol–water partition coefficient (Wildman–Crippen LogP) is 3.72. The van der Waals surface area contributed by atoms with E-state index in [2.05, 4.69) is 49.0 Å². The van der Waals surface area contributed by atoms with Gasteiger partial charge in [0.1, 0.15) is 5.82 Å². The summed E-state index contributed by atoms with van der Waals surface area (Å²) in [7, 11) is 0. The molecule has 0 radical (unpaired) electrons. The Kier molecular flexibility index (Phi) is 7.17. The molecule has 108 valence electrons. The Labute approximate surface area is 122 Å². The van der Waals surface area contributed by atoms with Crippen LogP contribution in [0.25, 0.3) is 0 Å². The fourth-order valence-corrected chi connectivity index (χ4v) is 2.15. The minimum absolute atomic E-state index is 0.646. The zero-order valence-corrected chi connectivity index (χ0v) is 13.3. The van der Waals surface area contributed by atoms with Crippen molar-refractivity contribution in [3.05, 3.63) is 22.8 Å². The van der Waals surface area contributed by atoms with Crippen LogP contribution in [-0.2, 0) is 6.54 Å². The van der Waals surface area contributed by atoms with Crippen molar-refractivity contribution in [3.8, 4) is 0 Å².